The number of nitrogens with one attached hydrogen (secondary N) is 1. The van der Waals surface area contributed by atoms with Crippen LogP contribution in [0, 0.1) is 19.8 Å². The van der Waals surface area contributed by atoms with E-state index in [2.05, 4.69) is 5.32 Å². The van der Waals surface area contributed by atoms with E-state index in [1.165, 1.54) is 0 Å². The Kier molecular flexibility index (Phi) is 5.80. The van der Waals surface area contributed by atoms with Crippen molar-refractivity contribution in [3.8, 4) is 0 Å². The standard InChI is InChI=1S/C17H25NO4/c1-11-8-12(2)15(9-14(11)17(19)20)18-10-16(21-3)13-4-6-22-7-5-13/h8-9,13,16,18H,4-7,10H2,1-3H3,(H,19,20). The predicted octanol–water partition coefficient (Wildman–Crippen LogP) is 2.86. The van der Waals surface area contributed by atoms with Gasteiger partial charge < -0.3 is 19.9 Å². The van der Waals surface area contributed by atoms with Gasteiger partial charge in [-0.3, -0.25) is 0 Å². The number of carboxylic acid groups (broad SMARTS) is 1. The fourth-order valence-electron chi connectivity index (χ4n) is 3.01. The van der Waals surface area contributed by atoms with Crippen LogP contribution in [-0.2, 0) is 9.47 Å². The Bertz CT molecular complexity index is 524. The van der Waals surface area contributed by atoms with Crippen LogP contribution >= 0.6 is 0 Å². The number of methoxy groups -OCH3 is 1. The van der Waals surface area contributed by atoms with E-state index < -0.39 is 5.97 Å². The van der Waals surface area contributed by atoms with Gasteiger partial charge in [0.25, 0.3) is 0 Å². The van der Waals surface area contributed by atoms with Crippen molar-refractivity contribution in [2.45, 2.75) is 32.8 Å². The maximum absolute atomic E-state index is 11.3. The molecule has 1 aromatic rings. The average molecular weight is 307 g/mol. The van der Waals surface area contributed by atoms with Crippen LogP contribution in [0.2, 0.25) is 0 Å². The van der Waals surface area contributed by atoms with Crippen LogP contribution in [0.4, 0.5) is 5.69 Å². The molecule has 1 heterocycles. The topological polar surface area (TPSA) is 67.8 Å². The zero-order chi connectivity index (χ0) is 16.1. The highest BCUT2D eigenvalue weighted by Gasteiger charge is 2.24. The summed E-state index contributed by atoms with van der Waals surface area (Å²) in [6.07, 6.45) is 2.12. The van der Waals surface area contributed by atoms with E-state index in [0.717, 1.165) is 42.9 Å². The first-order valence-electron chi connectivity index (χ1n) is 7.72. The zero-order valence-corrected chi connectivity index (χ0v) is 13.5. The Morgan fingerprint density at radius 2 is 2.05 bits per heavy atom. The molecule has 0 aromatic heterocycles. The van der Waals surface area contributed by atoms with Gasteiger partial charge in [-0.05, 0) is 49.8 Å². The van der Waals surface area contributed by atoms with Gasteiger partial charge in [0.05, 0.1) is 11.7 Å². The molecule has 22 heavy (non-hydrogen) atoms. The van der Waals surface area contributed by atoms with E-state index in [1.807, 2.05) is 19.9 Å². The molecule has 1 aliphatic rings. The van der Waals surface area contributed by atoms with Crippen molar-refractivity contribution in [2.24, 2.45) is 5.92 Å². The van der Waals surface area contributed by atoms with Crippen molar-refractivity contribution in [3.05, 3.63) is 28.8 Å². The molecule has 2 rings (SSSR count). The molecule has 2 N–H and O–H groups in total. The lowest BCUT2D eigenvalue weighted by atomic mass is 9.93. The van der Waals surface area contributed by atoms with Crippen LogP contribution in [0.5, 0.6) is 0 Å². The van der Waals surface area contributed by atoms with Crippen LogP contribution < -0.4 is 5.32 Å². The van der Waals surface area contributed by atoms with Crippen LogP contribution in [0.1, 0.15) is 34.3 Å². The van der Waals surface area contributed by atoms with Gasteiger partial charge in [0.2, 0.25) is 0 Å². The van der Waals surface area contributed by atoms with Gasteiger partial charge >= 0.3 is 5.97 Å². The molecule has 1 aliphatic heterocycles. The number of rotatable bonds is 6. The molecule has 1 atom stereocenters. The van der Waals surface area contributed by atoms with E-state index in [-0.39, 0.29) is 6.10 Å². The van der Waals surface area contributed by atoms with Gasteiger partial charge in [-0.25, -0.2) is 4.79 Å². The molecular formula is C17H25NO4. The number of carboxylic acids is 1. The van der Waals surface area contributed by atoms with Crippen molar-refractivity contribution >= 4 is 11.7 Å². The van der Waals surface area contributed by atoms with Gasteiger partial charge in [-0.15, -0.1) is 0 Å². The Hall–Kier alpha value is -1.59. The van der Waals surface area contributed by atoms with Crippen molar-refractivity contribution in [1.29, 1.82) is 0 Å². The van der Waals surface area contributed by atoms with Gasteiger partial charge in [0.15, 0.2) is 0 Å². The van der Waals surface area contributed by atoms with Crippen LogP contribution in [0.15, 0.2) is 12.1 Å². The summed E-state index contributed by atoms with van der Waals surface area (Å²) in [7, 11) is 1.73. The summed E-state index contributed by atoms with van der Waals surface area (Å²) in [5.74, 6) is -0.413. The van der Waals surface area contributed by atoms with Gasteiger partial charge in [0.1, 0.15) is 0 Å². The van der Waals surface area contributed by atoms with Crippen LogP contribution in [-0.4, -0.2) is 44.0 Å². The molecular weight excluding hydrogens is 282 g/mol. The number of benzene rings is 1. The van der Waals surface area contributed by atoms with Gasteiger partial charge in [-0.2, -0.15) is 0 Å². The Labute approximate surface area is 131 Å². The molecule has 122 valence electrons. The van der Waals surface area contributed by atoms with Gasteiger partial charge in [-0.1, -0.05) is 6.07 Å². The minimum absolute atomic E-state index is 0.109. The maximum atomic E-state index is 11.3. The summed E-state index contributed by atoms with van der Waals surface area (Å²) in [4.78, 5) is 11.3. The first kappa shape index (κ1) is 16.8. The summed E-state index contributed by atoms with van der Waals surface area (Å²) in [5.41, 5.74) is 3.03. The molecule has 1 aromatic carbocycles. The third-order valence-electron chi connectivity index (χ3n) is 4.39. The molecule has 0 bridgehead atoms. The fourth-order valence-corrected chi connectivity index (χ4v) is 3.01. The summed E-state index contributed by atoms with van der Waals surface area (Å²) in [5, 5.41) is 12.6. The maximum Gasteiger partial charge on any atom is 0.336 e. The van der Waals surface area contributed by atoms with Gasteiger partial charge in [0, 0.05) is 32.6 Å². The van der Waals surface area contributed by atoms with Crippen molar-refractivity contribution < 1.29 is 19.4 Å². The average Bonchev–Trinajstić information content (AvgIpc) is 2.50. The second-order valence-corrected chi connectivity index (χ2v) is 5.89. The second-order valence-electron chi connectivity index (χ2n) is 5.89. The number of hydrogen-bond donors (Lipinski definition) is 2. The molecule has 0 saturated carbocycles. The minimum atomic E-state index is -0.895. The third-order valence-corrected chi connectivity index (χ3v) is 4.39. The highest BCUT2D eigenvalue weighted by Crippen LogP contribution is 2.24. The summed E-state index contributed by atoms with van der Waals surface area (Å²) in [6, 6.07) is 3.62. The number of carbonyl (C=O) groups is 1. The Morgan fingerprint density at radius 1 is 1.36 bits per heavy atom. The van der Waals surface area contributed by atoms with E-state index in [4.69, 9.17) is 9.47 Å². The fraction of sp³-hybridized carbons (Fsp3) is 0.588. The highest BCUT2D eigenvalue weighted by molar-refractivity contribution is 5.91. The Balaban J connectivity index is 2.06. The molecule has 0 amide bonds. The predicted molar refractivity (Wildman–Crippen MR) is 85.7 cm³/mol. The summed E-state index contributed by atoms with van der Waals surface area (Å²) < 4.78 is 11.0. The number of ether oxygens (including phenoxy) is 2. The first-order chi connectivity index (χ1) is 10.5. The van der Waals surface area contributed by atoms with Crippen molar-refractivity contribution in [2.75, 3.05) is 32.2 Å². The monoisotopic (exact) mass is 307 g/mol. The molecule has 5 heteroatoms. The molecule has 1 fully saturated rings. The van der Waals surface area contributed by atoms with Crippen LogP contribution in [0.3, 0.4) is 0 Å². The van der Waals surface area contributed by atoms with E-state index in [1.54, 1.807) is 13.2 Å². The largest absolute Gasteiger partial charge is 0.478 e. The first-order valence-corrected chi connectivity index (χ1v) is 7.72. The smallest absolute Gasteiger partial charge is 0.336 e. The number of hydrogen-bond acceptors (Lipinski definition) is 4. The molecule has 1 saturated heterocycles. The lowest BCUT2D eigenvalue weighted by Crippen LogP contribution is -2.34. The van der Waals surface area contributed by atoms with E-state index in [0.29, 0.717) is 18.0 Å². The normalized spacial score (nSPS) is 17.2. The van der Waals surface area contributed by atoms with Crippen LogP contribution in [0.25, 0.3) is 0 Å². The lowest BCUT2D eigenvalue weighted by Gasteiger charge is -2.30. The van der Waals surface area contributed by atoms with Crippen molar-refractivity contribution in [3.63, 3.8) is 0 Å². The molecule has 1 unspecified atom stereocenters. The lowest BCUT2D eigenvalue weighted by molar-refractivity contribution is -0.00705. The number of aryl methyl sites for hydroxylation is 2. The quantitative estimate of drug-likeness (QED) is 0.846. The minimum Gasteiger partial charge on any atom is -0.478 e. The summed E-state index contributed by atoms with van der Waals surface area (Å²) in [6.45, 7) is 6.05. The number of anilines is 1. The SMILES string of the molecule is COC(CNc1cc(C(=O)O)c(C)cc1C)C1CCOCC1. The van der Waals surface area contributed by atoms with E-state index in [9.17, 15) is 9.90 Å². The second kappa shape index (κ2) is 7.61. The molecule has 5 nitrogen and oxygen atoms in total. The Morgan fingerprint density at radius 3 is 2.64 bits per heavy atom. The molecule has 0 aliphatic carbocycles. The molecule has 0 spiro atoms. The molecule has 0 radical (unpaired) electrons. The highest BCUT2D eigenvalue weighted by atomic mass is 16.5. The summed E-state index contributed by atoms with van der Waals surface area (Å²) >= 11 is 0. The zero-order valence-electron chi connectivity index (χ0n) is 13.5. The van der Waals surface area contributed by atoms with Crippen molar-refractivity contribution in [1.82, 2.24) is 0 Å². The van der Waals surface area contributed by atoms with E-state index >= 15 is 0 Å². The third kappa shape index (κ3) is 3.99. The number of aromatic carboxylic acids is 1.